The third-order valence-corrected chi connectivity index (χ3v) is 8.07. The van der Waals surface area contributed by atoms with Crippen molar-refractivity contribution in [1.82, 2.24) is 9.21 Å². The fraction of sp³-hybridized carbons (Fsp3) is 0.400. The fourth-order valence-corrected chi connectivity index (χ4v) is 5.86. The lowest BCUT2D eigenvalue weighted by atomic mass is 10.2. The second-order valence-corrected chi connectivity index (χ2v) is 10.3. The molecule has 1 fully saturated rings. The van der Waals surface area contributed by atoms with Crippen LogP contribution < -0.4 is 0 Å². The zero-order valence-corrected chi connectivity index (χ0v) is 19.0. The summed E-state index contributed by atoms with van der Waals surface area (Å²) < 4.78 is 28.0. The van der Waals surface area contributed by atoms with Crippen molar-refractivity contribution in [1.29, 1.82) is 0 Å². The number of hydrogen-bond donors (Lipinski definition) is 0. The highest BCUT2D eigenvalue weighted by Gasteiger charge is 2.28. The molecular formula is C20H23Cl3N2O2S. The van der Waals surface area contributed by atoms with Crippen LogP contribution in [0.1, 0.15) is 23.1 Å². The van der Waals surface area contributed by atoms with Crippen LogP contribution >= 0.6 is 34.8 Å². The van der Waals surface area contributed by atoms with E-state index in [-0.39, 0.29) is 0 Å². The Kier molecular flexibility index (Phi) is 6.96. The molecule has 0 N–H and O–H groups in total. The Bertz CT molecular complexity index is 980. The van der Waals surface area contributed by atoms with Gasteiger partial charge in [0.2, 0.25) is 10.0 Å². The third kappa shape index (κ3) is 4.84. The number of hydrogen-bond acceptors (Lipinski definition) is 3. The van der Waals surface area contributed by atoms with Crippen molar-refractivity contribution in [3.05, 3.63) is 62.1 Å². The standard InChI is InChI=1S/C20H23Cl3N2O2S/c1-14-11-20(15(2)10-18(14)22)28(26,27)25-7-3-6-24(8-9-25)13-16-4-5-17(21)12-19(16)23/h4-5,10-12H,3,6-9,13H2,1-2H3. The van der Waals surface area contributed by atoms with Gasteiger partial charge < -0.3 is 0 Å². The fourth-order valence-electron chi connectivity index (χ4n) is 3.41. The van der Waals surface area contributed by atoms with Crippen molar-refractivity contribution in [2.45, 2.75) is 31.7 Å². The van der Waals surface area contributed by atoms with E-state index in [2.05, 4.69) is 4.90 Å². The lowest BCUT2D eigenvalue weighted by molar-refractivity contribution is 0.278. The average molecular weight is 462 g/mol. The van der Waals surface area contributed by atoms with Crippen molar-refractivity contribution in [2.24, 2.45) is 0 Å². The molecule has 0 saturated carbocycles. The van der Waals surface area contributed by atoms with Gasteiger partial charge in [-0.15, -0.1) is 0 Å². The van der Waals surface area contributed by atoms with E-state index in [4.69, 9.17) is 34.8 Å². The van der Waals surface area contributed by atoms with Gasteiger partial charge in [-0.2, -0.15) is 4.31 Å². The Morgan fingerprint density at radius 2 is 1.64 bits per heavy atom. The summed E-state index contributed by atoms with van der Waals surface area (Å²) in [6.45, 7) is 6.66. The molecule has 8 heteroatoms. The van der Waals surface area contributed by atoms with Gasteiger partial charge in [-0.3, -0.25) is 4.90 Å². The molecule has 0 bridgehead atoms. The van der Waals surface area contributed by atoms with Crippen LogP contribution in [-0.4, -0.2) is 43.8 Å². The van der Waals surface area contributed by atoms with Gasteiger partial charge in [0.25, 0.3) is 0 Å². The molecule has 0 amide bonds. The number of aryl methyl sites for hydroxylation is 2. The molecule has 3 rings (SSSR count). The maximum Gasteiger partial charge on any atom is 0.243 e. The minimum Gasteiger partial charge on any atom is -0.298 e. The molecule has 152 valence electrons. The highest BCUT2D eigenvalue weighted by molar-refractivity contribution is 7.89. The van der Waals surface area contributed by atoms with Gasteiger partial charge in [0.05, 0.1) is 4.90 Å². The van der Waals surface area contributed by atoms with Crippen LogP contribution in [0, 0.1) is 13.8 Å². The highest BCUT2D eigenvalue weighted by atomic mass is 35.5. The van der Waals surface area contributed by atoms with E-state index in [9.17, 15) is 8.42 Å². The molecular weight excluding hydrogens is 439 g/mol. The quantitative estimate of drug-likeness (QED) is 0.631. The summed E-state index contributed by atoms with van der Waals surface area (Å²) in [5, 5.41) is 1.82. The Morgan fingerprint density at radius 1 is 0.893 bits per heavy atom. The summed E-state index contributed by atoms with van der Waals surface area (Å²) >= 11 is 18.4. The number of benzene rings is 2. The highest BCUT2D eigenvalue weighted by Crippen LogP contribution is 2.27. The van der Waals surface area contributed by atoms with Crippen molar-refractivity contribution in [2.75, 3.05) is 26.2 Å². The number of sulfonamides is 1. The molecule has 2 aromatic rings. The second-order valence-electron chi connectivity index (χ2n) is 7.14. The number of nitrogens with zero attached hydrogens (tertiary/aromatic N) is 2. The largest absolute Gasteiger partial charge is 0.298 e. The molecule has 1 saturated heterocycles. The zero-order chi connectivity index (χ0) is 20.5. The third-order valence-electron chi connectivity index (χ3n) is 5.03. The maximum absolute atomic E-state index is 13.2. The summed E-state index contributed by atoms with van der Waals surface area (Å²) in [4.78, 5) is 2.56. The van der Waals surface area contributed by atoms with Crippen LogP contribution in [0.25, 0.3) is 0 Å². The summed E-state index contributed by atoms with van der Waals surface area (Å²) in [6.07, 6.45) is 0.760. The molecule has 2 aromatic carbocycles. The van der Waals surface area contributed by atoms with E-state index in [1.54, 1.807) is 29.4 Å². The predicted octanol–water partition coefficient (Wildman–Crippen LogP) is 5.16. The van der Waals surface area contributed by atoms with E-state index < -0.39 is 10.0 Å². The molecule has 0 unspecified atom stereocenters. The molecule has 0 aromatic heterocycles. The van der Waals surface area contributed by atoms with Gasteiger partial charge in [0.15, 0.2) is 0 Å². The van der Waals surface area contributed by atoms with E-state index in [0.29, 0.717) is 51.7 Å². The molecule has 0 atom stereocenters. The normalized spacial score (nSPS) is 16.9. The molecule has 28 heavy (non-hydrogen) atoms. The van der Waals surface area contributed by atoms with Crippen LogP contribution in [0.15, 0.2) is 35.2 Å². The van der Waals surface area contributed by atoms with Gasteiger partial charge in [-0.05, 0) is 67.8 Å². The monoisotopic (exact) mass is 460 g/mol. The van der Waals surface area contributed by atoms with Gasteiger partial charge in [-0.25, -0.2) is 8.42 Å². The first-order chi connectivity index (χ1) is 13.2. The molecule has 1 aliphatic rings. The summed E-state index contributed by atoms with van der Waals surface area (Å²) in [5.41, 5.74) is 2.43. The number of rotatable bonds is 4. The van der Waals surface area contributed by atoms with Gasteiger partial charge in [-0.1, -0.05) is 40.9 Å². The SMILES string of the molecule is Cc1cc(S(=O)(=O)N2CCCN(Cc3ccc(Cl)cc3Cl)CC2)c(C)cc1Cl. The van der Waals surface area contributed by atoms with Crippen molar-refractivity contribution in [3.8, 4) is 0 Å². The maximum atomic E-state index is 13.2. The minimum absolute atomic E-state index is 0.337. The number of halogens is 3. The minimum atomic E-state index is -3.56. The van der Waals surface area contributed by atoms with Crippen LogP contribution in [0.2, 0.25) is 15.1 Å². The van der Waals surface area contributed by atoms with Crippen LogP contribution in [0.5, 0.6) is 0 Å². The first-order valence-corrected chi connectivity index (χ1v) is 11.7. The first kappa shape index (κ1) is 21.9. The Morgan fingerprint density at radius 3 is 2.36 bits per heavy atom. The van der Waals surface area contributed by atoms with Crippen molar-refractivity contribution >= 4 is 44.8 Å². The predicted molar refractivity (Wildman–Crippen MR) is 116 cm³/mol. The molecule has 0 aliphatic carbocycles. The molecule has 1 heterocycles. The molecule has 4 nitrogen and oxygen atoms in total. The topological polar surface area (TPSA) is 40.6 Å². The summed E-state index contributed by atoms with van der Waals surface area (Å²) in [6, 6.07) is 8.87. The lowest BCUT2D eigenvalue weighted by Gasteiger charge is -2.23. The van der Waals surface area contributed by atoms with Gasteiger partial charge in [0, 0.05) is 41.2 Å². The lowest BCUT2D eigenvalue weighted by Crippen LogP contribution is -2.35. The van der Waals surface area contributed by atoms with Crippen LogP contribution in [0.4, 0.5) is 0 Å². The summed E-state index contributed by atoms with van der Waals surface area (Å²) in [7, 11) is -3.56. The van der Waals surface area contributed by atoms with Crippen molar-refractivity contribution < 1.29 is 8.42 Å². The van der Waals surface area contributed by atoms with E-state index >= 15 is 0 Å². The Balaban J connectivity index is 1.75. The summed E-state index contributed by atoms with van der Waals surface area (Å²) in [5.74, 6) is 0. The average Bonchev–Trinajstić information content (AvgIpc) is 2.86. The van der Waals surface area contributed by atoms with E-state index in [0.717, 1.165) is 24.1 Å². The Hall–Kier alpha value is -0.820. The molecule has 1 aliphatic heterocycles. The van der Waals surface area contributed by atoms with Crippen LogP contribution in [0.3, 0.4) is 0 Å². The van der Waals surface area contributed by atoms with E-state index in [1.165, 1.54) is 0 Å². The molecule has 0 spiro atoms. The zero-order valence-electron chi connectivity index (χ0n) is 15.9. The molecule has 0 radical (unpaired) electrons. The first-order valence-electron chi connectivity index (χ1n) is 9.11. The van der Waals surface area contributed by atoms with Gasteiger partial charge >= 0.3 is 0 Å². The van der Waals surface area contributed by atoms with Crippen molar-refractivity contribution in [3.63, 3.8) is 0 Å². The van der Waals surface area contributed by atoms with Gasteiger partial charge in [0.1, 0.15) is 0 Å². The van der Waals surface area contributed by atoms with E-state index in [1.807, 2.05) is 19.1 Å². The smallest absolute Gasteiger partial charge is 0.243 e. The Labute approximate surface area is 182 Å². The second kappa shape index (κ2) is 8.90. The van der Waals surface area contributed by atoms with Crippen LogP contribution in [-0.2, 0) is 16.6 Å².